The minimum absolute atomic E-state index is 0.00501. The van der Waals surface area contributed by atoms with Crippen LogP contribution < -0.4 is 25.6 Å². The molecule has 9 rings (SSSR count). The lowest BCUT2D eigenvalue weighted by molar-refractivity contribution is -0.144. The van der Waals surface area contributed by atoms with Crippen LogP contribution in [0.1, 0.15) is 104 Å². The zero-order valence-corrected chi connectivity index (χ0v) is 45.7. The Kier molecular flexibility index (Phi) is 16.1. The molecule has 23 heteroatoms. The highest BCUT2D eigenvalue weighted by Crippen LogP contribution is 2.44. The molecule has 2 aromatic carbocycles. The molecule has 2 fully saturated rings. The van der Waals surface area contributed by atoms with Crippen molar-refractivity contribution >= 4 is 46.6 Å². The number of hydrogen-bond acceptors (Lipinski definition) is 13. The molecule has 4 amide bonds. The Bertz CT molecular complexity index is 3270. The molecule has 0 spiro atoms. The molecule has 18 nitrogen and oxygen atoms in total. The fourth-order valence-electron chi connectivity index (χ4n) is 10.3. The van der Waals surface area contributed by atoms with Crippen molar-refractivity contribution in [1.82, 2.24) is 50.1 Å². The monoisotopic (exact) mass is 1110 g/mol. The Morgan fingerprint density at radius 1 is 0.937 bits per heavy atom. The number of aliphatic hydroxyl groups is 1. The number of carbonyl (C=O) groups is 5. The number of ether oxygens (including phenoxy) is 1. The van der Waals surface area contributed by atoms with Crippen LogP contribution in [-0.2, 0) is 44.9 Å². The summed E-state index contributed by atoms with van der Waals surface area (Å²) in [6.07, 6.45) is -1.55. The molecule has 0 radical (unpaired) electrons. The molecular weight excluding hydrogens is 1050 g/mol. The van der Waals surface area contributed by atoms with Gasteiger partial charge in [0.2, 0.25) is 23.6 Å². The molecule has 5 atom stereocenters. The molecule has 0 aliphatic carbocycles. The molecule has 0 unspecified atom stereocenters. The zero-order chi connectivity index (χ0) is 56.7. The number of Topliss-reactive ketones (excluding diaryl/α,β-unsaturated/α-hetero) is 1. The molecule has 0 bridgehead atoms. The minimum Gasteiger partial charge on any atom is -0.491 e. The van der Waals surface area contributed by atoms with Gasteiger partial charge in [-0.3, -0.25) is 28.7 Å². The number of fused-ring (bicyclic) bond motifs is 1. The number of nitrogens with one attached hydrogen (secondary N) is 3. The summed E-state index contributed by atoms with van der Waals surface area (Å²) >= 11 is 1.54. The van der Waals surface area contributed by atoms with Crippen molar-refractivity contribution in [2.75, 3.05) is 31.1 Å². The number of aliphatic hydroxyl groups excluding tert-OH is 1. The first-order valence-electron chi connectivity index (χ1n) is 26.2. The van der Waals surface area contributed by atoms with Gasteiger partial charge < -0.3 is 40.2 Å². The minimum atomic E-state index is -4.79. The summed E-state index contributed by atoms with van der Waals surface area (Å²) in [5.74, 6) is -3.11. The normalized spacial score (nSPS) is 18.4. The average molecular weight is 1110 g/mol. The predicted octanol–water partition coefficient (Wildman–Crippen LogP) is 7.00. The van der Waals surface area contributed by atoms with E-state index in [1.54, 1.807) is 85.5 Å². The molecule has 7 heterocycles. The second kappa shape index (κ2) is 22.7. The number of imidazole rings is 1. The van der Waals surface area contributed by atoms with Gasteiger partial charge in [0.25, 0.3) is 0 Å². The second-order valence-electron chi connectivity index (χ2n) is 21.6. The van der Waals surface area contributed by atoms with E-state index in [1.807, 2.05) is 38.1 Å². The van der Waals surface area contributed by atoms with Crippen LogP contribution in [0.15, 0.2) is 72.6 Å². The summed E-state index contributed by atoms with van der Waals surface area (Å²) in [7, 11) is 0. The Morgan fingerprint density at radius 2 is 1.66 bits per heavy atom. The van der Waals surface area contributed by atoms with E-state index in [9.17, 15) is 42.3 Å². The molecule has 3 aliphatic heterocycles. The van der Waals surface area contributed by atoms with Crippen LogP contribution in [0.3, 0.4) is 0 Å². The number of thiazole rings is 1. The number of ketones is 1. The second-order valence-corrected chi connectivity index (χ2v) is 22.5. The van der Waals surface area contributed by atoms with Crippen LogP contribution in [0.25, 0.3) is 21.6 Å². The van der Waals surface area contributed by atoms with Crippen LogP contribution in [-0.4, -0.2) is 119 Å². The molecule has 2 saturated heterocycles. The summed E-state index contributed by atoms with van der Waals surface area (Å²) in [5.41, 5.74) is 3.53. The first kappa shape index (κ1) is 56.2. The number of benzene rings is 2. The summed E-state index contributed by atoms with van der Waals surface area (Å²) in [6.45, 7) is 13.0. The van der Waals surface area contributed by atoms with Crippen molar-refractivity contribution in [3.8, 4) is 27.3 Å². The summed E-state index contributed by atoms with van der Waals surface area (Å²) in [6, 6.07) is 10.8. The summed E-state index contributed by atoms with van der Waals surface area (Å²) < 4.78 is 67.7. The number of likely N-dealkylation sites (tertiary alicyclic amines) is 1. The van der Waals surface area contributed by atoms with E-state index in [0.29, 0.717) is 17.1 Å². The number of pyridine rings is 1. The fraction of sp³-hybridized carbons (Fsp3) is 0.446. The largest absolute Gasteiger partial charge is 0.491 e. The topological polar surface area (TPSA) is 219 Å². The highest BCUT2D eigenvalue weighted by atomic mass is 32.1. The number of nitrogens with zero attached hydrogens (tertiary/aromatic N) is 8. The maximum absolute atomic E-state index is 15.4. The zero-order valence-electron chi connectivity index (χ0n) is 44.9. The van der Waals surface area contributed by atoms with Gasteiger partial charge >= 0.3 is 6.18 Å². The number of carbonyl (C=O) groups excluding carboxylic acids is 5. The predicted molar refractivity (Wildman–Crippen MR) is 285 cm³/mol. The smallest absolute Gasteiger partial charge is 0.435 e. The van der Waals surface area contributed by atoms with Gasteiger partial charge in [-0.2, -0.15) is 18.3 Å². The van der Waals surface area contributed by atoms with Gasteiger partial charge in [0.15, 0.2) is 23.1 Å². The number of aryl methyl sites for hydroxylation is 3. The molecule has 79 heavy (non-hydrogen) atoms. The van der Waals surface area contributed by atoms with Gasteiger partial charge in [-0.15, -0.1) is 11.3 Å². The number of amides is 4. The van der Waals surface area contributed by atoms with Gasteiger partial charge in [0.1, 0.15) is 23.7 Å². The molecule has 418 valence electrons. The number of anilines is 1. The van der Waals surface area contributed by atoms with Gasteiger partial charge in [0, 0.05) is 93.8 Å². The quantitative estimate of drug-likeness (QED) is 0.0679. The third kappa shape index (κ3) is 12.4. The standard InChI is InChI=1S/C56H63F4N11O7S/c1-8-70-27-42(50(67-70)56(58,59)60)40-19-33(23-68-18-17-61-32(68)4)20-41-47(75)36(28-78-48(40)41)21-37-13-14-43(57)52(65-37)69-24-38(25-69)64-45(73)15-16-46(74)66-51(55(5,6)7)54(77)71-26-39(72)22-44(71)53(76)63-30(2)34-9-11-35(12-10-34)49-31(3)62-29-79-49/h9-14,17-20,27,29-30,36,38-39,44,51,72H,8,15-16,21-26,28H2,1-7H3,(H,63,76)(H,64,73)(H,66,74)/t30-,36+,39+,44-,51+/m0/s1. The van der Waals surface area contributed by atoms with Crippen molar-refractivity contribution in [1.29, 1.82) is 0 Å². The first-order valence-corrected chi connectivity index (χ1v) is 27.1. The maximum atomic E-state index is 15.4. The summed E-state index contributed by atoms with van der Waals surface area (Å²) in [4.78, 5) is 86.0. The van der Waals surface area contributed by atoms with Crippen molar-refractivity contribution in [3.05, 3.63) is 118 Å². The number of hydrogen-bond donors (Lipinski definition) is 4. The third-order valence-electron chi connectivity index (χ3n) is 14.7. The van der Waals surface area contributed by atoms with Gasteiger partial charge in [0.05, 0.1) is 52.4 Å². The SMILES string of the molecule is CCn1cc(-c2cc(Cn3ccnc3C)cc3c2OC[C@@H](Cc2ccc(F)c(N4CC(NC(=O)CCC(=O)N[C@H](C(=O)N5C[C@H](O)C[C@H]5C(=O)N[C@@H](C)c5ccc(-c6scnc6C)cc5)C(C)(C)C)C4)n2)C3=O)c(C(F)(F)F)n1. The number of halogens is 4. The highest BCUT2D eigenvalue weighted by molar-refractivity contribution is 7.13. The van der Waals surface area contributed by atoms with E-state index in [-0.39, 0.29) is 99.1 Å². The molecule has 4 aromatic heterocycles. The van der Waals surface area contributed by atoms with Crippen molar-refractivity contribution < 1.29 is 51.4 Å². The van der Waals surface area contributed by atoms with Crippen molar-refractivity contribution in [2.24, 2.45) is 11.3 Å². The Labute approximate surface area is 458 Å². The van der Waals surface area contributed by atoms with Crippen LogP contribution in [0, 0.1) is 31.0 Å². The van der Waals surface area contributed by atoms with E-state index in [0.717, 1.165) is 21.7 Å². The Balaban J connectivity index is 0.785. The van der Waals surface area contributed by atoms with Crippen LogP contribution in [0.2, 0.25) is 0 Å². The lowest BCUT2D eigenvalue weighted by Crippen LogP contribution is -2.60. The first-order chi connectivity index (χ1) is 37.4. The molecule has 3 aliphatic rings. The van der Waals surface area contributed by atoms with E-state index in [2.05, 4.69) is 36.0 Å². The molecule has 6 aromatic rings. The third-order valence-corrected chi connectivity index (χ3v) is 15.6. The lowest BCUT2D eigenvalue weighted by atomic mass is 9.85. The van der Waals surface area contributed by atoms with Crippen LogP contribution >= 0.6 is 11.3 Å². The Morgan fingerprint density at radius 3 is 2.32 bits per heavy atom. The van der Waals surface area contributed by atoms with Gasteiger partial charge in [-0.1, -0.05) is 45.0 Å². The highest BCUT2D eigenvalue weighted by Gasteiger charge is 2.45. The number of alkyl halides is 3. The van der Waals surface area contributed by atoms with E-state index >= 15 is 4.39 Å². The fourth-order valence-corrected chi connectivity index (χ4v) is 11.1. The molecular formula is C56H63F4N11O7S. The number of rotatable bonds is 17. The lowest BCUT2D eigenvalue weighted by Gasteiger charge is -2.40. The summed E-state index contributed by atoms with van der Waals surface area (Å²) in [5, 5.41) is 23.1. The molecule has 4 N–H and O–H groups in total. The maximum Gasteiger partial charge on any atom is 0.435 e. The van der Waals surface area contributed by atoms with E-state index in [1.165, 1.54) is 27.9 Å². The van der Waals surface area contributed by atoms with E-state index in [4.69, 9.17) is 4.74 Å². The number of β-amino-alcohol motifs (C(OH)–C–C–N with tert-alkyl or cyclic N) is 1. The van der Waals surface area contributed by atoms with Gasteiger partial charge in [-0.05, 0) is 74.1 Å². The number of aromatic nitrogens is 6. The van der Waals surface area contributed by atoms with Gasteiger partial charge in [-0.25, -0.2) is 19.3 Å². The van der Waals surface area contributed by atoms with Crippen molar-refractivity contribution in [2.45, 2.75) is 124 Å². The van der Waals surface area contributed by atoms with E-state index < -0.39 is 82.9 Å². The van der Waals surface area contributed by atoms with Crippen LogP contribution in [0.5, 0.6) is 5.75 Å². The van der Waals surface area contributed by atoms with Crippen LogP contribution in [0.4, 0.5) is 23.4 Å². The molecule has 0 saturated carbocycles. The Hall–Kier alpha value is -7.53. The van der Waals surface area contributed by atoms with Crippen molar-refractivity contribution in [3.63, 3.8) is 0 Å². The average Bonchev–Trinajstić information content (AvgIpc) is 4.39.